The molecule has 0 atom stereocenters. The molecule has 1 aromatic carbocycles. The third-order valence-electron chi connectivity index (χ3n) is 3.98. The molecule has 1 saturated heterocycles. The van der Waals surface area contributed by atoms with Crippen molar-refractivity contribution in [2.24, 2.45) is 0 Å². The lowest BCUT2D eigenvalue weighted by Crippen LogP contribution is -2.43. The molecule has 0 unspecified atom stereocenters. The van der Waals surface area contributed by atoms with E-state index in [-0.39, 0.29) is 28.1 Å². The summed E-state index contributed by atoms with van der Waals surface area (Å²) in [6.07, 6.45) is 2.41. The molecule has 0 saturated carbocycles. The number of rotatable bonds is 2. The van der Waals surface area contributed by atoms with Crippen LogP contribution in [0.4, 0.5) is 8.78 Å². The quantitative estimate of drug-likeness (QED) is 0.668. The number of hydrogen-bond acceptors (Lipinski definition) is 3. The number of carbonyl (C=O) groups is 1. The number of imidazole rings is 1. The van der Waals surface area contributed by atoms with E-state index in [0.29, 0.717) is 18.6 Å². The minimum atomic E-state index is -0.784. The van der Waals surface area contributed by atoms with Gasteiger partial charge in [0.15, 0.2) is 5.65 Å². The second kappa shape index (κ2) is 5.52. The van der Waals surface area contributed by atoms with E-state index < -0.39 is 11.6 Å². The first-order valence-corrected chi connectivity index (χ1v) is 7.71. The van der Waals surface area contributed by atoms with Crippen LogP contribution in [0.15, 0.2) is 30.5 Å². The van der Waals surface area contributed by atoms with Gasteiger partial charge in [-0.15, -0.1) is 0 Å². The maximum atomic E-state index is 14.4. The summed E-state index contributed by atoms with van der Waals surface area (Å²) in [5, 5.41) is -0.329. The largest absolute Gasteiger partial charge is 0.336 e. The highest BCUT2D eigenvalue weighted by atomic mass is 35.5. The normalized spacial score (nSPS) is 14.0. The number of hydrogen-bond donors (Lipinski definition) is 0. The first-order valence-electron chi connectivity index (χ1n) is 7.34. The van der Waals surface area contributed by atoms with Crippen molar-refractivity contribution in [3.63, 3.8) is 0 Å². The van der Waals surface area contributed by atoms with Crippen molar-refractivity contribution in [1.82, 2.24) is 19.4 Å². The maximum Gasteiger partial charge on any atom is 0.290 e. The zero-order valence-corrected chi connectivity index (χ0v) is 13.1. The summed E-state index contributed by atoms with van der Waals surface area (Å²) in [7, 11) is 0. The number of nitrogens with zero attached hydrogens (tertiary/aromatic N) is 4. The van der Waals surface area contributed by atoms with Gasteiger partial charge in [0.1, 0.15) is 17.2 Å². The van der Waals surface area contributed by atoms with Gasteiger partial charge in [-0.05, 0) is 24.6 Å². The Bertz CT molecular complexity index is 968. The van der Waals surface area contributed by atoms with E-state index in [2.05, 4.69) is 9.97 Å². The predicted molar refractivity (Wildman–Crippen MR) is 84.3 cm³/mol. The van der Waals surface area contributed by atoms with Crippen molar-refractivity contribution in [1.29, 1.82) is 0 Å². The number of aromatic nitrogens is 3. The van der Waals surface area contributed by atoms with Crippen molar-refractivity contribution >= 4 is 28.7 Å². The molecule has 5 nitrogen and oxygen atoms in total. The third-order valence-corrected chi connectivity index (χ3v) is 4.27. The Hall–Kier alpha value is -2.54. The van der Waals surface area contributed by atoms with Crippen LogP contribution < -0.4 is 0 Å². The summed E-state index contributed by atoms with van der Waals surface area (Å²) < 4.78 is 29.5. The molecule has 24 heavy (non-hydrogen) atoms. The lowest BCUT2D eigenvalue weighted by atomic mass is 10.2. The van der Waals surface area contributed by atoms with Gasteiger partial charge in [-0.3, -0.25) is 9.36 Å². The van der Waals surface area contributed by atoms with Gasteiger partial charge in [-0.25, -0.2) is 18.7 Å². The van der Waals surface area contributed by atoms with Crippen LogP contribution in [0.1, 0.15) is 17.0 Å². The minimum absolute atomic E-state index is 0.00372. The number of amides is 1. The van der Waals surface area contributed by atoms with Gasteiger partial charge in [-0.2, -0.15) is 0 Å². The maximum absolute atomic E-state index is 14.4. The van der Waals surface area contributed by atoms with Gasteiger partial charge < -0.3 is 4.90 Å². The van der Waals surface area contributed by atoms with Gasteiger partial charge >= 0.3 is 0 Å². The van der Waals surface area contributed by atoms with Crippen molar-refractivity contribution < 1.29 is 13.6 Å². The summed E-state index contributed by atoms with van der Waals surface area (Å²) in [6, 6.07) is 5.14. The Kier molecular flexibility index (Phi) is 3.45. The number of likely N-dealkylation sites (tertiary alicyclic amines) is 1. The van der Waals surface area contributed by atoms with Gasteiger partial charge in [0.25, 0.3) is 5.91 Å². The molecule has 8 heteroatoms. The van der Waals surface area contributed by atoms with E-state index in [9.17, 15) is 13.6 Å². The first kappa shape index (κ1) is 15.0. The molecular weight excluding hydrogens is 338 g/mol. The van der Waals surface area contributed by atoms with E-state index in [4.69, 9.17) is 11.6 Å². The van der Waals surface area contributed by atoms with Crippen LogP contribution in [0.2, 0.25) is 5.02 Å². The van der Waals surface area contributed by atoms with Crippen molar-refractivity contribution in [3.05, 3.63) is 52.9 Å². The molecular formula is C16H11ClF2N4O. The van der Waals surface area contributed by atoms with E-state index in [1.807, 2.05) is 0 Å². The molecule has 0 radical (unpaired) electrons. The molecule has 0 spiro atoms. The molecule has 1 fully saturated rings. The van der Waals surface area contributed by atoms with Crippen LogP contribution in [0.3, 0.4) is 0 Å². The second-order valence-corrected chi connectivity index (χ2v) is 5.89. The van der Waals surface area contributed by atoms with Gasteiger partial charge in [0.05, 0.1) is 10.7 Å². The average Bonchev–Trinajstić information content (AvgIpc) is 2.88. The number of carbonyl (C=O) groups excluding carboxylic acids is 1. The topological polar surface area (TPSA) is 51.0 Å². The zero-order chi connectivity index (χ0) is 16.8. The minimum Gasteiger partial charge on any atom is -0.336 e. The Balaban J connectivity index is 1.99. The standard InChI is InChI=1S/C16H11ClF2N4O/c17-9-7-11(19)13(8-10(9)18)23-14-12(3-1-4-20-14)21-15(23)16(24)22-5-2-6-22/h1,3-4,7-8H,2,5-6H2. The summed E-state index contributed by atoms with van der Waals surface area (Å²) in [4.78, 5) is 22.7. The van der Waals surface area contributed by atoms with E-state index in [1.165, 1.54) is 10.8 Å². The highest BCUT2D eigenvalue weighted by molar-refractivity contribution is 6.30. The highest BCUT2D eigenvalue weighted by Crippen LogP contribution is 2.27. The Labute approximate surface area is 140 Å². The molecule has 0 N–H and O–H groups in total. The van der Waals surface area contributed by atoms with Crippen LogP contribution in [-0.2, 0) is 0 Å². The van der Waals surface area contributed by atoms with Gasteiger partial charge in [-0.1, -0.05) is 11.6 Å². The number of halogens is 3. The average molecular weight is 349 g/mol. The number of fused-ring (bicyclic) bond motifs is 1. The summed E-state index contributed by atoms with van der Waals surface area (Å²) in [6.45, 7) is 1.24. The smallest absolute Gasteiger partial charge is 0.290 e. The highest BCUT2D eigenvalue weighted by Gasteiger charge is 2.29. The molecule has 1 aliphatic heterocycles. The monoisotopic (exact) mass is 348 g/mol. The van der Waals surface area contributed by atoms with Crippen LogP contribution in [0, 0.1) is 11.6 Å². The van der Waals surface area contributed by atoms with E-state index in [1.54, 1.807) is 17.0 Å². The lowest BCUT2D eigenvalue weighted by Gasteiger charge is -2.30. The van der Waals surface area contributed by atoms with Crippen LogP contribution in [0.25, 0.3) is 16.9 Å². The van der Waals surface area contributed by atoms with E-state index >= 15 is 0 Å². The summed E-state index contributed by atoms with van der Waals surface area (Å²) >= 11 is 5.62. The summed E-state index contributed by atoms with van der Waals surface area (Å²) in [5.74, 6) is -1.88. The van der Waals surface area contributed by atoms with E-state index in [0.717, 1.165) is 18.6 Å². The summed E-state index contributed by atoms with van der Waals surface area (Å²) in [5.41, 5.74) is 0.556. The third kappa shape index (κ3) is 2.24. The van der Waals surface area contributed by atoms with Crippen molar-refractivity contribution in [2.75, 3.05) is 13.1 Å². The SMILES string of the molecule is O=C(c1nc2cccnc2n1-c1cc(F)c(Cl)cc1F)N1CCC1. The molecule has 4 rings (SSSR count). The van der Waals surface area contributed by atoms with Gasteiger partial charge in [0.2, 0.25) is 5.82 Å². The second-order valence-electron chi connectivity index (χ2n) is 5.48. The zero-order valence-electron chi connectivity index (χ0n) is 12.3. The van der Waals surface area contributed by atoms with Crippen LogP contribution >= 0.6 is 11.6 Å². The van der Waals surface area contributed by atoms with Crippen molar-refractivity contribution in [2.45, 2.75) is 6.42 Å². The van der Waals surface area contributed by atoms with Crippen LogP contribution in [-0.4, -0.2) is 38.4 Å². The fraction of sp³-hybridized carbons (Fsp3) is 0.188. The molecule has 1 amide bonds. The van der Waals surface area contributed by atoms with Crippen molar-refractivity contribution in [3.8, 4) is 5.69 Å². The Morgan fingerprint density at radius 1 is 1.21 bits per heavy atom. The molecule has 3 heterocycles. The Morgan fingerprint density at radius 3 is 2.71 bits per heavy atom. The molecule has 0 aliphatic carbocycles. The first-order chi connectivity index (χ1) is 11.6. The lowest BCUT2D eigenvalue weighted by molar-refractivity contribution is 0.0637. The molecule has 122 valence electrons. The molecule has 1 aliphatic rings. The molecule has 0 bridgehead atoms. The van der Waals surface area contributed by atoms with Gasteiger partial charge in [0, 0.05) is 25.4 Å². The Morgan fingerprint density at radius 2 is 2.00 bits per heavy atom. The fourth-order valence-electron chi connectivity index (χ4n) is 2.63. The molecule has 2 aromatic heterocycles. The fourth-order valence-corrected chi connectivity index (χ4v) is 2.78. The number of pyridine rings is 1. The predicted octanol–water partition coefficient (Wildman–Crippen LogP) is 3.20. The number of benzene rings is 1. The van der Waals surface area contributed by atoms with Crippen LogP contribution in [0.5, 0.6) is 0 Å². The molecule has 3 aromatic rings.